The maximum absolute atomic E-state index is 12.9. The second-order valence-corrected chi connectivity index (χ2v) is 6.60. The zero-order valence-electron chi connectivity index (χ0n) is 13.1. The molecule has 0 radical (unpaired) electrons. The highest BCUT2D eigenvalue weighted by Crippen LogP contribution is 2.55. The van der Waals surface area contributed by atoms with Crippen LogP contribution in [0.5, 0.6) is 0 Å². The summed E-state index contributed by atoms with van der Waals surface area (Å²) in [7, 11) is 0. The first-order valence-corrected chi connectivity index (χ1v) is 7.73. The number of rotatable bonds is 2. The maximum Gasteiger partial charge on any atom is 0.416 e. The molecule has 5 nitrogen and oxygen atoms in total. The molecule has 2 saturated heterocycles. The highest BCUT2D eigenvalue weighted by molar-refractivity contribution is 6.23. The van der Waals surface area contributed by atoms with Gasteiger partial charge in [-0.1, -0.05) is 12.1 Å². The van der Waals surface area contributed by atoms with Crippen LogP contribution in [0.25, 0.3) is 0 Å². The summed E-state index contributed by atoms with van der Waals surface area (Å²) < 4.78 is 44.5. The summed E-state index contributed by atoms with van der Waals surface area (Å²) in [6, 6.07) is 4.14. The fourth-order valence-corrected chi connectivity index (χ4v) is 4.09. The van der Waals surface area contributed by atoms with E-state index in [9.17, 15) is 27.9 Å². The molecule has 1 aromatic carbocycles. The van der Waals surface area contributed by atoms with E-state index in [1.807, 2.05) is 0 Å². The van der Waals surface area contributed by atoms with Crippen LogP contribution in [0.4, 0.5) is 18.9 Å². The van der Waals surface area contributed by atoms with Crippen LogP contribution < -0.4 is 4.90 Å². The van der Waals surface area contributed by atoms with E-state index in [0.29, 0.717) is 5.57 Å². The Bertz CT molecular complexity index is 818. The molecule has 0 aliphatic carbocycles. The van der Waals surface area contributed by atoms with E-state index in [-0.39, 0.29) is 12.3 Å². The van der Waals surface area contributed by atoms with Gasteiger partial charge in [-0.3, -0.25) is 9.59 Å². The highest BCUT2D eigenvalue weighted by atomic mass is 19.4. The Balaban J connectivity index is 1.74. The molecule has 4 atom stereocenters. The fraction of sp³-hybridized carbons (Fsp3) is 0.412. The van der Waals surface area contributed by atoms with Crippen LogP contribution in [-0.2, 0) is 20.5 Å². The number of fused-ring (bicyclic) bond motifs is 5. The molecular weight excluding hydrogens is 339 g/mol. The number of aliphatic hydroxyl groups excluding tert-OH is 1. The van der Waals surface area contributed by atoms with E-state index in [1.165, 1.54) is 6.07 Å². The number of anilines is 1. The van der Waals surface area contributed by atoms with E-state index in [2.05, 4.69) is 0 Å². The number of aliphatic hydroxyl groups is 1. The van der Waals surface area contributed by atoms with Crippen LogP contribution in [0.3, 0.4) is 0 Å². The number of hydrogen-bond acceptors (Lipinski definition) is 4. The van der Waals surface area contributed by atoms with E-state index in [0.717, 1.165) is 23.1 Å². The Morgan fingerprint density at radius 3 is 2.64 bits per heavy atom. The number of halogens is 3. The zero-order chi connectivity index (χ0) is 18.1. The van der Waals surface area contributed by atoms with Gasteiger partial charge in [0.25, 0.3) is 0 Å². The van der Waals surface area contributed by atoms with Gasteiger partial charge in [0.05, 0.1) is 35.8 Å². The minimum absolute atomic E-state index is 0.104. The Morgan fingerprint density at radius 2 is 2.00 bits per heavy atom. The fourth-order valence-electron chi connectivity index (χ4n) is 4.09. The monoisotopic (exact) mass is 353 g/mol. The van der Waals surface area contributed by atoms with Crippen LogP contribution in [0.15, 0.2) is 35.9 Å². The predicted molar refractivity (Wildman–Crippen MR) is 79.4 cm³/mol. The third-order valence-corrected chi connectivity index (χ3v) is 5.28. The molecule has 2 fully saturated rings. The summed E-state index contributed by atoms with van der Waals surface area (Å²) in [6.07, 6.45) is -3.59. The number of benzene rings is 1. The molecule has 4 rings (SSSR count). The molecule has 1 N–H and O–H groups in total. The van der Waals surface area contributed by atoms with Crippen LogP contribution in [0, 0.1) is 11.8 Å². The smallest absolute Gasteiger partial charge is 0.392 e. The molecular formula is C17H14F3NO4. The summed E-state index contributed by atoms with van der Waals surface area (Å²) in [5.41, 5.74) is -1.62. The summed E-state index contributed by atoms with van der Waals surface area (Å²) in [5.74, 6) is -2.79. The summed E-state index contributed by atoms with van der Waals surface area (Å²) >= 11 is 0. The van der Waals surface area contributed by atoms with E-state index in [4.69, 9.17) is 4.74 Å². The van der Waals surface area contributed by atoms with Gasteiger partial charge < -0.3 is 9.84 Å². The van der Waals surface area contributed by atoms with E-state index < -0.39 is 47.1 Å². The molecule has 3 aliphatic rings. The van der Waals surface area contributed by atoms with Gasteiger partial charge in [-0.05, 0) is 30.7 Å². The SMILES string of the molecule is CC12OC(C=C1CO)C1C(=O)N(c3cccc(C(F)(F)F)c3)C(=O)C12. The molecule has 1 aromatic rings. The molecule has 0 saturated carbocycles. The lowest BCUT2D eigenvalue weighted by Crippen LogP contribution is -2.42. The molecule has 3 heterocycles. The lowest BCUT2D eigenvalue weighted by Gasteiger charge is -2.29. The van der Waals surface area contributed by atoms with Gasteiger partial charge in [0.15, 0.2) is 0 Å². The van der Waals surface area contributed by atoms with Crippen LogP contribution in [0.1, 0.15) is 12.5 Å². The lowest BCUT2D eigenvalue weighted by atomic mass is 9.73. The number of imide groups is 1. The van der Waals surface area contributed by atoms with Gasteiger partial charge >= 0.3 is 6.18 Å². The van der Waals surface area contributed by atoms with Crippen molar-refractivity contribution in [2.45, 2.75) is 24.8 Å². The topological polar surface area (TPSA) is 66.8 Å². The second kappa shape index (κ2) is 4.92. The van der Waals surface area contributed by atoms with Crippen LogP contribution in [0.2, 0.25) is 0 Å². The number of nitrogens with zero attached hydrogens (tertiary/aromatic N) is 1. The van der Waals surface area contributed by atoms with Crippen LogP contribution >= 0.6 is 0 Å². The Morgan fingerprint density at radius 1 is 1.28 bits per heavy atom. The van der Waals surface area contributed by atoms with Crippen molar-refractivity contribution in [1.82, 2.24) is 0 Å². The number of ether oxygens (including phenoxy) is 1. The molecule has 3 aliphatic heterocycles. The van der Waals surface area contributed by atoms with Crippen molar-refractivity contribution in [1.29, 1.82) is 0 Å². The lowest BCUT2D eigenvalue weighted by molar-refractivity contribution is -0.137. The van der Waals surface area contributed by atoms with Crippen molar-refractivity contribution in [3.8, 4) is 0 Å². The average molecular weight is 353 g/mol. The molecule has 25 heavy (non-hydrogen) atoms. The predicted octanol–water partition coefficient (Wildman–Crippen LogP) is 1.90. The van der Waals surface area contributed by atoms with Crippen molar-refractivity contribution >= 4 is 17.5 Å². The van der Waals surface area contributed by atoms with Crippen molar-refractivity contribution in [3.05, 3.63) is 41.5 Å². The van der Waals surface area contributed by atoms with Gasteiger partial charge in [0.1, 0.15) is 5.60 Å². The molecule has 8 heteroatoms. The number of alkyl halides is 3. The van der Waals surface area contributed by atoms with Crippen molar-refractivity contribution < 1.29 is 32.6 Å². The Kier molecular flexibility index (Phi) is 3.21. The molecule has 2 bridgehead atoms. The molecule has 0 aromatic heterocycles. The van der Waals surface area contributed by atoms with Gasteiger partial charge in [-0.25, -0.2) is 4.90 Å². The largest absolute Gasteiger partial charge is 0.416 e. The average Bonchev–Trinajstić information content (AvgIpc) is 3.12. The van der Waals surface area contributed by atoms with E-state index in [1.54, 1.807) is 13.0 Å². The number of carbonyl (C=O) groups is 2. The first-order chi connectivity index (χ1) is 11.7. The number of hydrogen-bond donors (Lipinski definition) is 1. The van der Waals surface area contributed by atoms with Crippen molar-refractivity contribution in [3.63, 3.8) is 0 Å². The zero-order valence-corrected chi connectivity index (χ0v) is 13.1. The Labute approximate surface area is 140 Å². The van der Waals surface area contributed by atoms with E-state index >= 15 is 0 Å². The normalized spacial score (nSPS) is 33.9. The standard InChI is InChI=1S/C17H14F3NO4/c1-16-9(7-22)6-11(25-16)12-13(16)15(24)21(14(12)23)10-4-2-3-8(5-10)17(18,19)20/h2-6,11-13,22H,7H2,1H3. The molecule has 132 valence electrons. The Hall–Kier alpha value is -2.19. The highest BCUT2D eigenvalue weighted by Gasteiger charge is 2.68. The second-order valence-electron chi connectivity index (χ2n) is 6.60. The number of amides is 2. The van der Waals surface area contributed by atoms with Crippen molar-refractivity contribution in [2.75, 3.05) is 11.5 Å². The van der Waals surface area contributed by atoms with Gasteiger partial charge in [0, 0.05) is 0 Å². The third-order valence-electron chi connectivity index (χ3n) is 5.28. The quantitative estimate of drug-likeness (QED) is 0.651. The van der Waals surface area contributed by atoms with Crippen molar-refractivity contribution in [2.24, 2.45) is 11.8 Å². The molecule has 2 amide bonds. The number of carbonyl (C=O) groups excluding carboxylic acids is 2. The molecule has 4 unspecified atom stereocenters. The summed E-state index contributed by atoms with van der Waals surface area (Å²) in [4.78, 5) is 26.4. The third kappa shape index (κ3) is 2.04. The molecule has 0 spiro atoms. The van der Waals surface area contributed by atoms with Gasteiger partial charge in [-0.15, -0.1) is 0 Å². The summed E-state index contributed by atoms with van der Waals surface area (Å²) in [5, 5.41) is 9.45. The minimum atomic E-state index is -4.57. The first kappa shape index (κ1) is 16.3. The van der Waals surface area contributed by atoms with Crippen LogP contribution in [-0.4, -0.2) is 35.2 Å². The van der Waals surface area contributed by atoms with Gasteiger partial charge in [-0.2, -0.15) is 13.2 Å². The minimum Gasteiger partial charge on any atom is -0.392 e. The maximum atomic E-state index is 12.9. The van der Waals surface area contributed by atoms with Gasteiger partial charge in [0.2, 0.25) is 11.8 Å². The summed E-state index contributed by atoms with van der Waals surface area (Å²) in [6.45, 7) is 1.32. The first-order valence-electron chi connectivity index (χ1n) is 7.73.